The molecule has 1 fully saturated rings. The molecule has 0 bridgehead atoms. The number of nitrogens with one attached hydrogen (secondary N) is 1. The molecule has 3 aromatic carbocycles. The van der Waals surface area contributed by atoms with Crippen molar-refractivity contribution in [1.82, 2.24) is 5.32 Å². The second-order valence-electron chi connectivity index (χ2n) is 6.30. The lowest BCUT2D eigenvalue weighted by atomic mass is 10.0. The van der Waals surface area contributed by atoms with Crippen LogP contribution in [-0.4, -0.2) is 22.8 Å². The van der Waals surface area contributed by atoms with Crippen molar-refractivity contribution >= 4 is 46.1 Å². The average molecular weight is 387 g/mol. The van der Waals surface area contributed by atoms with Crippen molar-refractivity contribution in [3.05, 3.63) is 88.0 Å². The molecular formula is C21H13N3O5. The number of barbiturate groups is 1. The number of benzene rings is 3. The smallest absolute Gasteiger partial charge is 0.273 e. The fourth-order valence-electron chi connectivity index (χ4n) is 3.15. The summed E-state index contributed by atoms with van der Waals surface area (Å²) < 4.78 is 0. The van der Waals surface area contributed by atoms with E-state index in [0.717, 1.165) is 15.7 Å². The number of hydrogen-bond donors (Lipinski definition) is 1. The number of carbonyl (C=O) groups excluding carboxylic acids is 3. The minimum Gasteiger partial charge on any atom is -0.273 e. The number of nitro groups is 1. The largest absolute Gasteiger partial charge is 0.335 e. The van der Waals surface area contributed by atoms with Crippen LogP contribution in [0.5, 0.6) is 0 Å². The van der Waals surface area contributed by atoms with Crippen molar-refractivity contribution in [2.24, 2.45) is 0 Å². The van der Waals surface area contributed by atoms with Gasteiger partial charge in [-0.15, -0.1) is 0 Å². The summed E-state index contributed by atoms with van der Waals surface area (Å²) in [5.41, 5.74) is 0.384. The van der Waals surface area contributed by atoms with Gasteiger partial charge in [0, 0.05) is 12.1 Å². The lowest BCUT2D eigenvalue weighted by Gasteiger charge is -2.26. The highest BCUT2D eigenvalue weighted by molar-refractivity contribution is 6.39. The maximum absolute atomic E-state index is 12.9. The zero-order chi connectivity index (χ0) is 20.5. The van der Waals surface area contributed by atoms with Crippen LogP contribution in [0.1, 0.15) is 5.56 Å². The molecule has 1 aliphatic heterocycles. The van der Waals surface area contributed by atoms with Gasteiger partial charge < -0.3 is 0 Å². The van der Waals surface area contributed by atoms with Gasteiger partial charge in [-0.1, -0.05) is 42.5 Å². The number of non-ortho nitro benzene ring substituents is 1. The summed E-state index contributed by atoms with van der Waals surface area (Å²) in [6.07, 6.45) is 1.44. The highest BCUT2D eigenvalue weighted by atomic mass is 16.6. The van der Waals surface area contributed by atoms with Crippen molar-refractivity contribution < 1.29 is 19.3 Å². The molecule has 0 aliphatic carbocycles. The quantitative estimate of drug-likeness (QED) is 0.320. The van der Waals surface area contributed by atoms with E-state index in [1.807, 2.05) is 30.3 Å². The SMILES string of the molecule is O=C1NC(=O)N(c2ccc([N+](=O)[O-])cc2)C(=O)/C1=C/c1cccc2ccccc12. The minimum absolute atomic E-state index is 0.120. The number of rotatable bonds is 3. The first-order chi connectivity index (χ1) is 14.0. The molecule has 29 heavy (non-hydrogen) atoms. The molecule has 0 radical (unpaired) electrons. The fourth-order valence-corrected chi connectivity index (χ4v) is 3.15. The van der Waals surface area contributed by atoms with E-state index in [1.54, 1.807) is 12.1 Å². The zero-order valence-corrected chi connectivity index (χ0v) is 14.9. The van der Waals surface area contributed by atoms with Gasteiger partial charge in [0.15, 0.2) is 0 Å². The van der Waals surface area contributed by atoms with Gasteiger partial charge in [-0.05, 0) is 34.5 Å². The predicted molar refractivity (Wildman–Crippen MR) is 106 cm³/mol. The van der Waals surface area contributed by atoms with E-state index in [9.17, 15) is 24.5 Å². The number of nitrogens with zero attached hydrogens (tertiary/aromatic N) is 2. The second-order valence-corrected chi connectivity index (χ2v) is 6.30. The summed E-state index contributed by atoms with van der Waals surface area (Å²) >= 11 is 0. The number of nitro benzene ring substituents is 1. The molecule has 0 unspecified atom stereocenters. The lowest BCUT2D eigenvalue weighted by molar-refractivity contribution is -0.384. The molecule has 142 valence electrons. The van der Waals surface area contributed by atoms with E-state index in [4.69, 9.17) is 0 Å². The Labute approximate surface area is 164 Å². The van der Waals surface area contributed by atoms with E-state index in [0.29, 0.717) is 5.56 Å². The highest BCUT2D eigenvalue weighted by Crippen LogP contribution is 2.26. The summed E-state index contributed by atoms with van der Waals surface area (Å²) in [7, 11) is 0. The molecule has 1 N–H and O–H groups in total. The summed E-state index contributed by atoms with van der Waals surface area (Å²) in [4.78, 5) is 48.6. The van der Waals surface area contributed by atoms with Crippen LogP contribution >= 0.6 is 0 Å². The summed E-state index contributed by atoms with van der Waals surface area (Å²) in [6, 6.07) is 17.0. The summed E-state index contributed by atoms with van der Waals surface area (Å²) in [6.45, 7) is 0. The monoisotopic (exact) mass is 387 g/mol. The van der Waals surface area contributed by atoms with Crippen LogP contribution in [0.3, 0.4) is 0 Å². The maximum atomic E-state index is 12.9. The highest BCUT2D eigenvalue weighted by Gasteiger charge is 2.37. The Bertz CT molecular complexity index is 1210. The maximum Gasteiger partial charge on any atom is 0.335 e. The molecule has 1 aliphatic rings. The van der Waals surface area contributed by atoms with Crippen LogP contribution in [0.25, 0.3) is 16.8 Å². The first-order valence-corrected chi connectivity index (χ1v) is 8.59. The predicted octanol–water partition coefficient (Wildman–Crippen LogP) is 3.41. The normalized spacial score (nSPS) is 15.7. The number of carbonyl (C=O) groups is 3. The van der Waals surface area contributed by atoms with Gasteiger partial charge in [-0.2, -0.15) is 0 Å². The van der Waals surface area contributed by atoms with E-state index in [-0.39, 0.29) is 16.9 Å². The van der Waals surface area contributed by atoms with Gasteiger partial charge in [0.25, 0.3) is 17.5 Å². The number of hydrogen-bond acceptors (Lipinski definition) is 5. The van der Waals surface area contributed by atoms with Gasteiger partial charge in [0.2, 0.25) is 0 Å². The summed E-state index contributed by atoms with van der Waals surface area (Å²) in [5, 5.41) is 14.7. The van der Waals surface area contributed by atoms with Gasteiger partial charge in [0.05, 0.1) is 10.6 Å². The number of amides is 4. The molecule has 3 aromatic rings. The van der Waals surface area contributed by atoms with Crippen molar-refractivity contribution in [2.75, 3.05) is 4.90 Å². The molecule has 0 atom stereocenters. The molecule has 4 rings (SSSR count). The molecule has 0 aromatic heterocycles. The molecule has 0 spiro atoms. The van der Waals surface area contributed by atoms with Crippen LogP contribution in [0.4, 0.5) is 16.2 Å². The zero-order valence-electron chi connectivity index (χ0n) is 14.9. The van der Waals surface area contributed by atoms with Crippen molar-refractivity contribution in [3.63, 3.8) is 0 Å². The van der Waals surface area contributed by atoms with Gasteiger partial charge in [-0.3, -0.25) is 25.0 Å². The van der Waals surface area contributed by atoms with Crippen LogP contribution < -0.4 is 10.2 Å². The molecule has 4 amide bonds. The molecule has 0 saturated carbocycles. The minimum atomic E-state index is -0.913. The van der Waals surface area contributed by atoms with Gasteiger partial charge >= 0.3 is 6.03 Å². The van der Waals surface area contributed by atoms with E-state index in [1.165, 1.54) is 30.3 Å². The third-order valence-corrected chi connectivity index (χ3v) is 4.54. The van der Waals surface area contributed by atoms with Crippen LogP contribution in [-0.2, 0) is 9.59 Å². The van der Waals surface area contributed by atoms with Crippen molar-refractivity contribution in [2.45, 2.75) is 0 Å². The van der Waals surface area contributed by atoms with E-state index < -0.39 is 22.8 Å². The number of urea groups is 1. The van der Waals surface area contributed by atoms with Crippen LogP contribution in [0.15, 0.2) is 72.3 Å². The van der Waals surface area contributed by atoms with Gasteiger partial charge in [0.1, 0.15) is 5.57 Å². The Morgan fingerprint density at radius 2 is 1.59 bits per heavy atom. The third kappa shape index (κ3) is 3.23. The number of fused-ring (bicyclic) bond motifs is 1. The second kappa shape index (κ2) is 7.01. The molecule has 8 heteroatoms. The van der Waals surface area contributed by atoms with E-state index >= 15 is 0 Å². The van der Waals surface area contributed by atoms with E-state index in [2.05, 4.69) is 5.32 Å². The van der Waals surface area contributed by atoms with Crippen LogP contribution in [0, 0.1) is 10.1 Å². The Morgan fingerprint density at radius 1 is 0.897 bits per heavy atom. The van der Waals surface area contributed by atoms with Crippen molar-refractivity contribution in [3.8, 4) is 0 Å². The molecular weight excluding hydrogens is 374 g/mol. The Hall–Kier alpha value is -4.33. The van der Waals surface area contributed by atoms with Gasteiger partial charge in [-0.25, -0.2) is 9.69 Å². The van der Waals surface area contributed by atoms with Crippen molar-refractivity contribution in [1.29, 1.82) is 0 Å². The topological polar surface area (TPSA) is 110 Å². The standard InChI is InChI=1S/C21H13N3O5/c25-19-18(12-14-6-3-5-13-4-1-2-7-17(13)14)20(26)23(21(27)22-19)15-8-10-16(11-9-15)24(28)29/h1-12H,(H,22,25,27)/b18-12+. The number of anilines is 1. The van der Waals surface area contributed by atoms with Crippen LogP contribution in [0.2, 0.25) is 0 Å². The molecule has 1 heterocycles. The Morgan fingerprint density at radius 3 is 2.31 bits per heavy atom. The average Bonchev–Trinajstić information content (AvgIpc) is 2.71. The number of imide groups is 2. The lowest BCUT2D eigenvalue weighted by Crippen LogP contribution is -2.54. The first-order valence-electron chi connectivity index (χ1n) is 8.59. The third-order valence-electron chi connectivity index (χ3n) is 4.54. The molecule has 8 nitrogen and oxygen atoms in total. The Balaban J connectivity index is 1.77. The molecule has 1 saturated heterocycles. The Kier molecular flexibility index (Phi) is 4.36. The first kappa shape index (κ1) is 18.1. The fraction of sp³-hybridized carbons (Fsp3) is 0. The summed E-state index contributed by atoms with van der Waals surface area (Å²) in [5.74, 6) is -1.60.